The van der Waals surface area contributed by atoms with Gasteiger partial charge in [-0.05, 0) is 30.3 Å². The second kappa shape index (κ2) is 7.51. The van der Waals surface area contributed by atoms with Crippen LogP contribution < -0.4 is 5.32 Å². The van der Waals surface area contributed by atoms with Gasteiger partial charge in [0.15, 0.2) is 6.61 Å². The minimum absolute atomic E-state index is 0.129. The minimum Gasteiger partial charge on any atom is -0.452 e. The molecule has 24 heavy (non-hydrogen) atoms. The highest BCUT2D eigenvalue weighted by Crippen LogP contribution is 2.17. The molecule has 9 heteroatoms. The molecule has 0 aliphatic heterocycles. The number of hydrogen-bond acceptors (Lipinski definition) is 5. The number of nitrogens with one attached hydrogen (secondary N) is 1. The number of halogens is 2. The molecule has 2 aromatic carbocycles. The van der Waals surface area contributed by atoms with E-state index >= 15 is 0 Å². The summed E-state index contributed by atoms with van der Waals surface area (Å²) in [5, 5.41) is 13.1. The van der Waals surface area contributed by atoms with Crippen molar-refractivity contribution >= 4 is 34.9 Å². The van der Waals surface area contributed by atoms with Crippen molar-refractivity contribution < 1.29 is 23.6 Å². The lowest BCUT2D eigenvalue weighted by Gasteiger charge is -2.07. The summed E-state index contributed by atoms with van der Waals surface area (Å²) in [4.78, 5) is 33.3. The molecule has 0 heterocycles. The number of carbonyl (C=O) groups is 2. The van der Waals surface area contributed by atoms with E-state index in [-0.39, 0.29) is 22.0 Å². The predicted molar refractivity (Wildman–Crippen MR) is 83.4 cm³/mol. The van der Waals surface area contributed by atoms with Gasteiger partial charge in [-0.1, -0.05) is 11.6 Å². The first kappa shape index (κ1) is 17.4. The Morgan fingerprint density at radius 3 is 2.50 bits per heavy atom. The molecular formula is C15H10ClFN2O5. The van der Waals surface area contributed by atoms with Crippen molar-refractivity contribution in [2.75, 3.05) is 11.9 Å². The van der Waals surface area contributed by atoms with E-state index in [0.29, 0.717) is 0 Å². The Balaban J connectivity index is 1.92. The molecule has 0 radical (unpaired) electrons. The lowest BCUT2D eigenvalue weighted by molar-refractivity contribution is -0.384. The van der Waals surface area contributed by atoms with Crippen LogP contribution in [-0.4, -0.2) is 23.4 Å². The number of nitro groups is 1. The molecule has 0 fully saturated rings. The van der Waals surface area contributed by atoms with Crippen LogP contribution in [0.3, 0.4) is 0 Å². The average Bonchev–Trinajstić information content (AvgIpc) is 2.55. The lowest BCUT2D eigenvalue weighted by atomic mass is 10.2. The van der Waals surface area contributed by atoms with Gasteiger partial charge in [-0.2, -0.15) is 0 Å². The minimum atomic E-state index is -1.03. The Kier molecular flexibility index (Phi) is 5.43. The zero-order chi connectivity index (χ0) is 17.7. The molecule has 7 nitrogen and oxygen atoms in total. The van der Waals surface area contributed by atoms with Crippen molar-refractivity contribution in [3.05, 3.63) is 69.0 Å². The first-order chi connectivity index (χ1) is 11.4. The highest BCUT2D eigenvalue weighted by Gasteiger charge is 2.15. The van der Waals surface area contributed by atoms with Gasteiger partial charge in [0, 0.05) is 22.8 Å². The molecule has 2 rings (SSSR count). The molecule has 0 atom stereocenters. The SMILES string of the molecule is O=C(COC(=O)c1cc(Cl)ccc1F)Nc1ccc([N+](=O)[O-])cc1. The van der Waals surface area contributed by atoms with E-state index in [1.165, 1.54) is 30.3 Å². The van der Waals surface area contributed by atoms with Crippen LogP contribution in [-0.2, 0) is 9.53 Å². The summed E-state index contributed by atoms with van der Waals surface area (Å²) in [6, 6.07) is 8.45. The van der Waals surface area contributed by atoms with Crippen LogP contribution in [0.2, 0.25) is 5.02 Å². The van der Waals surface area contributed by atoms with E-state index in [1.807, 2.05) is 0 Å². The number of amides is 1. The van der Waals surface area contributed by atoms with Gasteiger partial charge in [0.1, 0.15) is 5.82 Å². The van der Waals surface area contributed by atoms with Gasteiger partial charge in [-0.25, -0.2) is 9.18 Å². The molecule has 0 aliphatic rings. The largest absolute Gasteiger partial charge is 0.452 e. The van der Waals surface area contributed by atoms with E-state index in [0.717, 1.165) is 12.1 Å². The van der Waals surface area contributed by atoms with Crippen LogP contribution in [0, 0.1) is 15.9 Å². The highest BCUT2D eigenvalue weighted by atomic mass is 35.5. The summed E-state index contributed by atoms with van der Waals surface area (Å²) in [5.74, 6) is -2.53. The van der Waals surface area contributed by atoms with Crippen LogP contribution in [0.5, 0.6) is 0 Å². The number of hydrogen-bond donors (Lipinski definition) is 1. The Bertz CT molecular complexity index is 795. The summed E-state index contributed by atoms with van der Waals surface area (Å²) in [6.45, 7) is -0.651. The molecule has 0 saturated heterocycles. The molecule has 0 aliphatic carbocycles. The van der Waals surface area contributed by atoms with Crippen LogP contribution in [0.15, 0.2) is 42.5 Å². The number of anilines is 1. The molecule has 0 unspecified atom stereocenters. The fraction of sp³-hybridized carbons (Fsp3) is 0.0667. The van der Waals surface area contributed by atoms with E-state index < -0.39 is 29.2 Å². The van der Waals surface area contributed by atoms with Crippen molar-refractivity contribution in [1.29, 1.82) is 0 Å². The Morgan fingerprint density at radius 1 is 1.21 bits per heavy atom. The summed E-state index contributed by atoms with van der Waals surface area (Å²) in [7, 11) is 0. The fourth-order valence-corrected chi connectivity index (χ4v) is 1.90. The van der Waals surface area contributed by atoms with Crippen molar-refractivity contribution in [2.24, 2.45) is 0 Å². The molecule has 124 valence electrons. The van der Waals surface area contributed by atoms with Gasteiger partial charge in [0.05, 0.1) is 10.5 Å². The zero-order valence-corrected chi connectivity index (χ0v) is 12.7. The maximum atomic E-state index is 13.5. The third-order valence-corrected chi connectivity index (χ3v) is 3.08. The average molecular weight is 353 g/mol. The number of nitrogens with zero attached hydrogens (tertiary/aromatic N) is 1. The van der Waals surface area contributed by atoms with Gasteiger partial charge in [-0.3, -0.25) is 14.9 Å². The zero-order valence-electron chi connectivity index (χ0n) is 12.0. The number of rotatable bonds is 5. The summed E-state index contributed by atoms with van der Waals surface area (Å²) >= 11 is 5.66. The second-order valence-electron chi connectivity index (χ2n) is 4.55. The van der Waals surface area contributed by atoms with Gasteiger partial charge in [0.25, 0.3) is 11.6 Å². The third-order valence-electron chi connectivity index (χ3n) is 2.84. The Hall–Kier alpha value is -3.00. The van der Waals surface area contributed by atoms with Crippen molar-refractivity contribution in [3.63, 3.8) is 0 Å². The molecule has 0 spiro atoms. The van der Waals surface area contributed by atoms with Gasteiger partial charge in [-0.15, -0.1) is 0 Å². The number of carbonyl (C=O) groups excluding carboxylic acids is 2. The third kappa shape index (κ3) is 4.50. The summed E-state index contributed by atoms with van der Waals surface area (Å²) in [6.07, 6.45) is 0. The van der Waals surface area contributed by atoms with Crippen LogP contribution in [0.4, 0.5) is 15.8 Å². The van der Waals surface area contributed by atoms with Crippen molar-refractivity contribution in [3.8, 4) is 0 Å². The van der Waals surface area contributed by atoms with E-state index in [4.69, 9.17) is 16.3 Å². The maximum absolute atomic E-state index is 13.5. The van der Waals surface area contributed by atoms with Crippen molar-refractivity contribution in [1.82, 2.24) is 0 Å². The first-order valence-electron chi connectivity index (χ1n) is 6.53. The molecule has 2 aromatic rings. The monoisotopic (exact) mass is 352 g/mol. The van der Waals surface area contributed by atoms with Gasteiger partial charge < -0.3 is 10.1 Å². The number of benzene rings is 2. The predicted octanol–water partition coefficient (Wildman–Crippen LogP) is 3.18. The molecular weight excluding hydrogens is 343 g/mol. The number of esters is 1. The first-order valence-corrected chi connectivity index (χ1v) is 6.91. The molecule has 0 bridgehead atoms. The summed E-state index contributed by atoms with van der Waals surface area (Å²) in [5.41, 5.74) is -0.225. The highest BCUT2D eigenvalue weighted by molar-refractivity contribution is 6.30. The Labute approximate surface area is 140 Å². The summed E-state index contributed by atoms with van der Waals surface area (Å²) < 4.78 is 18.2. The smallest absolute Gasteiger partial charge is 0.341 e. The standard InChI is InChI=1S/C15H10ClFN2O5/c16-9-1-6-13(17)12(7-9)15(21)24-8-14(20)18-10-2-4-11(5-3-10)19(22)23/h1-7H,8H2,(H,18,20). The normalized spacial score (nSPS) is 10.1. The fourth-order valence-electron chi connectivity index (χ4n) is 1.73. The number of ether oxygens (including phenoxy) is 1. The molecule has 0 saturated carbocycles. The maximum Gasteiger partial charge on any atom is 0.341 e. The van der Waals surface area contributed by atoms with Gasteiger partial charge >= 0.3 is 5.97 Å². The number of nitro benzene ring substituents is 1. The topological polar surface area (TPSA) is 98.5 Å². The second-order valence-corrected chi connectivity index (χ2v) is 4.99. The van der Waals surface area contributed by atoms with E-state index in [9.17, 15) is 24.1 Å². The van der Waals surface area contributed by atoms with Crippen LogP contribution in [0.1, 0.15) is 10.4 Å². The quantitative estimate of drug-likeness (QED) is 0.506. The Morgan fingerprint density at radius 2 is 1.88 bits per heavy atom. The van der Waals surface area contributed by atoms with Crippen LogP contribution in [0.25, 0.3) is 0 Å². The van der Waals surface area contributed by atoms with Crippen molar-refractivity contribution in [2.45, 2.75) is 0 Å². The lowest BCUT2D eigenvalue weighted by Crippen LogP contribution is -2.21. The molecule has 1 amide bonds. The van der Waals surface area contributed by atoms with Gasteiger partial charge in [0.2, 0.25) is 0 Å². The van der Waals surface area contributed by atoms with Crippen LogP contribution >= 0.6 is 11.6 Å². The molecule has 1 N–H and O–H groups in total. The molecule has 0 aromatic heterocycles. The number of non-ortho nitro benzene ring substituents is 1. The van der Waals surface area contributed by atoms with E-state index in [2.05, 4.69) is 5.32 Å². The van der Waals surface area contributed by atoms with E-state index in [1.54, 1.807) is 0 Å².